The zero-order valence-electron chi connectivity index (χ0n) is 12.0. The van der Waals surface area contributed by atoms with E-state index in [1.54, 1.807) is 12.3 Å². The van der Waals surface area contributed by atoms with Gasteiger partial charge in [0.05, 0.1) is 31.6 Å². The molecule has 2 aliphatic rings. The van der Waals surface area contributed by atoms with Gasteiger partial charge in [-0.2, -0.15) is 0 Å². The fourth-order valence-corrected chi connectivity index (χ4v) is 2.40. The van der Waals surface area contributed by atoms with Crippen LogP contribution < -0.4 is 10.6 Å². The molecule has 116 valence electrons. The summed E-state index contributed by atoms with van der Waals surface area (Å²) >= 11 is 0. The number of carbonyl (C=O) groups excluding carboxylic acids is 1. The second kappa shape index (κ2) is 6.95. The van der Waals surface area contributed by atoms with Gasteiger partial charge in [0, 0.05) is 13.2 Å². The highest BCUT2D eigenvalue weighted by atomic mass is 16.5. The Hall–Kier alpha value is -1.53. The largest absolute Gasteiger partial charge is 0.467 e. The highest BCUT2D eigenvalue weighted by Gasteiger charge is 2.30. The van der Waals surface area contributed by atoms with Crippen LogP contribution in [0.1, 0.15) is 25.0 Å². The monoisotopic (exact) mass is 294 g/mol. The Balaban J connectivity index is 1.42. The predicted octanol–water partition coefficient (Wildman–Crippen LogP) is 1.66. The normalized spacial score (nSPS) is 25.5. The molecule has 2 N–H and O–H groups in total. The zero-order valence-corrected chi connectivity index (χ0v) is 12.0. The third-order valence-corrected chi connectivity index (χ3v) is 3.86. The van der Waals surface area contributed by atoms with Crippen molar-refractivity contribution in [2.75, 3.05) is 19.8 Å². The maximum absolute atomic E-state index is 11.9. The molecule has 2 amide bonds. The number of nitrogens with one attached hydrogen (secondary N) is 2. The second-order valence-corrected chi connectivity index (χ2v) is 5.69. The second-order valence-electron chi connectivity index (χ2n) is 5.69. The van der Waals surface area contributed by atoms with E-state index in [0.717, 1.165) is 24.7 Å². The van der Waals surface area contributed by atoms with E-state index in [2.05, 4.69) is 10.6 Å². The molecular weight excluding hydrogens is 272 g/mol. The Bertz CT molecular complexity index is 445. The topological polar surface area (TPSA) is 72.7 Å². The number of hydrogen-bond donors (Lipinski definition) is 2. The Kier molecular flexibility index (Phi) is 4.77. The summed E-state index contributed by atoms with van der Waals surface area (Å²) in [5.41, 5.74) is 0. The molecule has 2 heterocycles. The molecule has 21 heavy (non-hydrogen) atoms. The molecule has 0 bridgehead atoms. The lowest BCUT2D eigenvalue weighted by atomic mass is 10.1. The maximum Gasteiger partial charge on any atom is 0.315 e. The van der Waals surface area contributed by atoms with Crippen molar-refractivity contribution in [3.05, 3.63) is 24.2 Å². The maximum atomic E-state index is 11.9. The average Bonchev–Trinajstić information content (AvgIpc) is 3.18. The van der Waals surface area contributed by atoms with Gasteiger partial charge in [0.25, 0.3) is 0 Å². The van der Waals surface area contributed by atoms with Gasteiger partial charge in [-0.15, -0.1) is 0 Å². The number of furan rings is 1. The predicted molar refractivity (Wildman–Crippen MR) is 75.8 cm³/mol. The van der Waals surface area contributed by atoms with E-state index >= 15 is 0 Å². The van der Waals surface area contributed by atoms with Crippen LogP contribution in [-0.4, -0.2) is 38.0 Å². The van der Waals surface area contributed by atoms with Crippen LogP contribution in [0.25, 0.3) is 0 Å². The lowest BCUT2D eigenvalue weighted by molar-refractivity contribution is -0.0557. The molecule has 0 aromatic carbocycles. The van der Waals surface area contributed by atoms with Crippen LogP contribution >= 0.6 is 0 Å². The quantitative estimate of drug-likeness (QED) is 0.837. The highest BCUT2D eigenvalue weighted by molar-refractivity contribution is 5.74. The molecule has 6 heteroatoms. The van der Waals surface area contributed by atoms with Crippen LogP contribution in [0.3, 0.4) is 0 Å². The molecule has 0 spiro atoms. The fraction of sp³-hybridized carbons (Fsp3) is 0.667. The van der Waals surface area contributed by atoms with Gasteiger partial charge in [0.1, 0.15) is 5.76 Å². The minimum atomic E-state index is -0.220. The molecule has 1 aliphatic carbocycles. The molecule has 1 aromatic heterocycles. The Morgan fingerprint density at radius 2 is 2.29 bits per heavy atom. The highest BCUT2D eigenvalue weighted by Crippen LogP contribution is 2.30. The van der Waals surface area contributed by atoms with Crippen LogP contribution in [0.5, 0.6) is 0 Å². The van der Waals surface area contributed by atoms with Gasteiger partial charge in [-0.3, -0.25) is 0 Å². The van der Waals surface area contributed by atoms with Crippen molar-refractivity contribution in [1.82, 2.24) is 10.6 Å². The first kappa shape index (κ1) is 14.4. The van der Waals surface area contributed by atoms with Crippen LogP contribution in [0.2, 0.25) is 0 Å². The summed E-state index contributed by atoms with van der Waals surface area (Å²) in [5.74, 6) is 1.45. The molecule has 0 radical (unpaired) electrons. The standard InChI is InChI=1S/C15H22N2O4/c18-15(16-8-12-2-1-6-20-12)17-13-10-19-7-5-14(13)21-9-11-3-4-11/h1-2,6,11,13-14H,3-5,7-10H2,(H2,16,17,18)/t13-,14+/m1/s1. The number of ether oxygens (including phenoxy) is 2. The molecule has 1 saturated carbocycles. The van der Waals surface area contributed by atoms with Crippen molar-refractivity contribution in [3.8, 4) is 0 Å². The van der Waals surface area contributed by atoms with Gasteiger partial charge in [-0.25, -0.2) is 4.79 Å². The van der Waals surface area contributed by atoms with Gasteiger partial charge in [-0.1, -0.05) is 0 Å². The average molecular weight is 294 g/mol. The van der Waals surface area contributed by atoms with E-state index in [0.29, 0.717) is 19.8 Å². The van der Waals surface area contributed by atoms with Crippen molar-refractivity contribution < 1.29 is 18.7 Å². The van der Waals surface area contributed by atoms with Crippen molar-refractivity contribution in [2.24, 2.45) is 5.92 Å². The molecular formula is C15H22N2O4. The van der Waals surface area contributed by atoms with E-state index in [4.69, 9.17) is 13.9 Å². The zero-order chi connectivity index (χ0) is 14.5. The smallest absolute Gasteiger partial charge is 0.315 e. The van der Waals surface area contributed by atoms with Crippen molar-refractivity contribution >= 4 is 6.03 Å². The first-order chi connectivity index (χ1) is 10.3. The first-order valence-electron chi connectivity index (χ1n) is 7.57. The van der Waals surface area contributed by atoms with E-state index in [-0.39, 0.29) is 18.2 Å². The third kappa shape index (κ3) is 4.47. The molecule has 6 nitrogen and oxygen atoms in total. The molecule has 2 fully saturated rings. The van der Waals surface area contributed by atoms with E-state index in [1.165, 1.54) is 12.8 Å². The van der Waals surface area contributed by atoms with Crippen molar-refractivity contribution in [3.63, 3.8) is 0 Å². The number of rotatable bonds is 6. The summed E-state index contributed by atoms with van der Waals surface area (Å²) in [6.07, 6.45) is 5.01. The van der Waals surface area contributed by atoms with Crippen molar-refractivity contribution in [2.45, 2.75) is 38.0 Å². The number of amides is 2. The molecule has 3 rings (SSSR count). The Morgan fingerprint density at radius 1 is 1.38 bits per heavy atom. The van der Waals surface area contributed by atoms with Crippen LogP contribution in [-0.2, 0) is 16.0 Å². The summed E-state index contributed by atoms with van der Waals surface area (Å²) in [5, 5.41) is 5.71. The lowest BCUT2D eigenvalue weighted by Crippen LogP contribution is -2.53. The molecule has 1 aliphatic heterocycles. The van der Waals surface area contributed by atoms with E-state index < -0.39 is 0 Å². The van der Waals surface area contributed by atoms with Gasteiger partial charge in [0.15, 0.2) is 0 Å². The van der Waals surface area contributed by atoms with Gasteiger partial charge < -0.3 is 24.5 Å². The first-order valence-corrected chi connectivity index (χ1v) is 7.57. The third-order valence-electron chi connectivity index (χ3n) is 3.86. The summed E-state index contributed by atoms with van der Waals surface area (Å²) in [6.45, 7) is 2.38. The van der Waals surface area contributed by atoms with Gasteiger partial charge in [0.2, 0.25) is 0 Å². The van der Waals surface area contributed by atoms with Crippen LogP contribution in [0.15, 0.2) is 22.8 Å². The van der Waals surface area contributed by atoms with Gasteiger partial charge >= 0.3 is 6.03 Å². The molecule has 1 saturated heterocycles. The lowest BCUT2D eigenvalue weighted by Gasteiger charge is -2.32. The number of urea groups is 1. The summed E-state index contributed by atoms with van der Waals surface area (Å²) in [4.78, 5) is 11.9. The summed E-state index contributed by atoms with van der Waals surface area (Å²) in [7, 11) is 0. The minimum Gasteiger partial charge on any atom is -0.467 e. The van der Waals surface area contributed by atoms with E-state index in [1.807, 2.05) is 6.07 Å². The summed E-state index contributed by atoms with van der Waals surface area (Å²) in [6, 6.07) is 3.31. The number of hydrogen-bond acceptors (Lipinski definition) is 4. The Morgan fingerprint density at radius 3 is 3.05 bits per heavy atom. The molecule has 2 atom stereocenters. The molecule has 0 unspecified atom stereocenters. The Labute approximate surface area is 124 Å². The van der Waals surface area contributed by atoms with E-state index in [9.17, 15) is 4.79 Å². The van der Waals surface area contributed by atoms with Crippen molar-refractivity contribution in [1.29, 1.82) is 0 Å². The molecule has 1 aromatic rings. The van der Waals surface area contributed by atoms with Gasteiger partial charge in [-0.05, 0) is 37.3 Å². The number of carbonyl (C=O) groups is 1. The van der Waals surface area contributed by atoms with Crippen LogP contribution in [0.4, 0.5) is 4.79 Å². The minimum absolute atomic E-state index is 0.0497. The fourth-order valence-electron chi connectivity index (χ4n) is 2.40. The summed E-state index contributed by atoms with van der Waals surface area (Å²) < 4.78 is 16.5. The van der Waals surface area contributed by atoms with Crippen LogP contribution in [0, 0.1) is 5.92 Å². The SMILES string of the molecule is O=C(NCc1ccco1)N[C@@H]1COCC[C@@H]1OCC1CC1.